The summed E-state index contributed by atoms with van der Waals surface area (Å²) in [7, 11) is 0. The molecule has 0 bridgehead atoms. The van der Waals surface area contributed by atoms with Crippen molar-refractivity contribution in [2.24, 2.45) is 5.92 Å². The Labute approximate surface area is 208 Å². The summed E-state index contributed by atoms with van der Waals surface area (Å²) in [6.45, 7) is 0. The number of hydrogen-bond donors (Lipinski definition) is 2. The first kappa shape index (κ1) is 24.0. The molecule has 3 aromatic heterocycles. The lowest BCUT2D eigenvalue weighted by Crippen LogP contribution is -2.14. The van der Waals surface area contributed by atoms with E-state index in [9.17, 15) is 9.59 Å². The first-order chi connectivity index (χ1) is 16.1. The minimum atomic E-state index is -0.167. The average Bonchev–Trinajstić information content (AvgIpc) is 3.55. The van der Waals surface area contributed by atoms with Crippen LogP contribution in [0.25, 0.3) is 0 Å². The van der Waals surface area contributed by atoms with Crippen molar-refractivity contribution >= 4 is 68.3 Å². The first-order valence-corrected chi connectivity index (χ1v) is 14.2. The molecule has 0 spiro atoms. The number of aromatic nitrogens is 5. The van der Waals surface area contributed by atoms with Gasteiger partial charge in [0.05, 0.1) is 6.42 Å². The predicted octanol–water partition coefficient (Wildman–Crippen LogP) is 4.37. The van der Waals surface area contributed by atoms with Crippen molar-refractivity contribution in [1.82, 2.24) is 25.4 Å². The SMILES string of the molecule is O=C(Cc1ccccn1)Nc1nnc(SCCSc2nnc(NC(=O)CC3CCCC3)s2)s1. The fourth-order valence-corrected chi connectivity index (χ4v) is 7.02. The molecule has 0 unspecified atom stereocenters. The highest BCUT2D eigenvalue weighted by Gasteiger charge is 2.19. The Morgan fingerprint density at radius 3 is 2.15 bits per heavy atom. The third-order valence-electron chi connectivity index (χ3n) is 4.86. The minimum Gasteiger partial charge on any atom is -0.300 e. The van der Waals surface area contributed by atoms with E-state index in [2.05, 4.69) is 36.0 Å². The van der Waals surface area contributed by atoms with Gasteiger partial charge in [0.25, 0.3) is 0 Å². The van der Waals surface area contributed by atoms with Gasteiger partial charge in [-0.3, -0.25) is 14.6 Å². The van der Waals surface area contributed by atoms with Gasteiger partial charge in [0, 0.05) is 29.8 Å². The predicted molar refractivity (Wildman–Crippen MR) is 133 cm³/mol. The molecule has 4 rings (SSSR count). The van der Waals surface area contributed by atoms with Crippen LogP contribution >= 0.6 is 46.2 Å². The third kappa shape index (κ3) is 8.02. The topological polar surface area (TPSA) is 123 Å². The summed E-state index contributed by atoms with van der Waals surface area (Å²) in [5, 5.41) is 23.0. The van der Waals surface area contributed by atoms with Gasteiger partial charge in [-0.1, -0.05) is 65.1 Å². The van der Waals surface area contributed by atoms with Crippen LogP contribution in [-0.4, -0.2) is 48.7 Å². The fourth-order valence-electron chi connectivity index (χ4n) is 3.37. The van der Waals surface area contributed by atoms with E-state index in [0.717, 1.165) is 33.0 Å². The molecule has 0 aromatic carbocycles. The van der Waals surface area contributed by atoms with Crippen molar-refractivity contribution in [2.45, 2.75) is 47.2 Å². The van der Waals surface area contributed by atoms with Crippen LogP contribution < -0.4 is 10.6 Å². The molecule has 2 N–H and O–H groups in total. The van der Waals surface area contributed by atoms with Crippen LogP contribution in [0, 0.1) is 5.92 Å². The van der Waals surface area contributed by atoms with E-state index in [-0.39, 0.29) is 18.2 Å². The maximum absolute atomic E-state index is 12.1. The number of rotatable bonds is 11. The highest BCUT2D eigenvalue weighted by Crippen LogP contribution is 2.31. The van der Waals surface area contributed by atoms with Gasteiger partial charge in [-0.15, -0.1) is 20.4 Å². The zero-order valence-corrected chi connectivity index (χ0v) is 21.0. The van der Waals surface area contributed by atoms with Crippen molar-refractivity contribution in [3.05, 3.63) is 30.1 Å². The maximum atomic E-state index is 12.1. The Kier molecular flexibility index (Phi) is 9.03. The molecule has 1 fully saturated rings. The Morgan fingerprint density at radius 2 is 1.55 bits per heavy atom. The molecular formula is C20H23N7O2S4. The summed E-state index contributed by atoms with van der Waals surface area (Å²) in [4.78, 5) is 28.4. The molecule has 0 radical (unpaired) electrons. The van der Waals surface area contributed by atoms with E-state index in [1.54, 1.807) is 29.7 Å². The van der Waals surface area contributed by atoms with Gasteiger partial charge in [-0.2, -0.15) is 0 Å². The Morgan fingerprint density at radius 1 is 0.909 bits per heavy atom. The molecule has 0 aliphatic heterocycles. The van der Waals surface area contributed by atoms with E-state index < -0.39 is 0 Å². The monoisotopic (exact) mass is 521 g/mol. The molecule has 1 aliphatic rings. The van der Waals surface area contributed by atoms with Crippen molar-refractivity contribution in [2.75, 3.05) is 22.1 Å². The zero-order valence-electron chi connectivity index (χ0n) is 17.7. The lowest BCUT2D eigenvalue weighted by Gasteiger charge is -2.06. The number of nitrogens with one attached hydrogen (secondary N) is 2. The van der Waals surface area contributed by atoms with Crippen LogP contribution in [0.1, 0.15) is 37.8 Å². The Bertz CT molecular complexity index is 1050. The number of anilines is 2. The van der Waals surface area contributed by atoms with Crippen molar-refractivity contribution in [3.8, 4) is 0 Å². The van der Waals surface area contributed by atoms with E-state index >= 15 is 0 Å². The average molecular weight is 522 g/mol. The van der Waals surface area contributed by atoms with Crippen LogP contribution in [0.5, 0.6) is 0 Å². The number of thioether (sulfide) groups is 2. The molecular weight excluding hydrogens is 499 g/mol. The zero-order chi connectivity index (χ0) is 22.9. The Hall–Kier alpha value is -2.09. The molecule has 0 atom stereocenters. The molecule has 1 saturated carbocycles. The molecule has 2 amide bonds. The number of pyridine rings is 1. The first-order valence-electron chi connectivity index (χ1n) is 10.6. The second kappa shape index (κ2) is 12.4. The summed E-state index contributed by atoms with van der Waals surface area (Å²) in [5.74, 6) is 2.00. The summed E-state index contributed by atoms with van der Waals surface area (Å²) in [5.41, 5.74) is 0.708. The van der Waals surface area contributed by atoms with Gasteiger partial charge >= 0.3 is 0 Å². The van der Waals surface area contributed by atoms with Crippen LogP contribution in [-0.2, 0) is 16.0 Å². The number of hydrogen-bond acceptors (Lipinski definition) is 11. The van der Waals surface area contributed by atoms with Gasteiger partial charge in [-0.25, -0.2) is 0 Å². The van der Waals surface area contributed by atoms with E-state index in [4.69, 9.17) is 0 Å². The molecule has 174 valence electrons. The van der Waals surface area contributed by atoms with Crippen LogP contribution in [0.3, 0.4) is 0 Å². The van der Waals surface area contributed by atoms with Gasteiger partial charge < -0.3 is 10.6 Å². The summed E-state index contributed by atoms with van der Waals surface area (Å²) in [6, 6.07) is 5.47. The van der Waals surface area contributed by atoms with Gasteiger partial charge in [-0.05, 0) is 30.9 Å². The highest BCUT2D eigenvalue weighted by atomic mass is 32.2. The van der Waals surface area contributed by atoms with Gasteiger partial charge in [0.15, 0.2) is 8.68 Å². The van der Waals surface area contributed by atoms with Crippen molar-refractivity contribution in [3.63, 3.8) is 0 Å². The van der Waals surface area contributed by atoms with Gasteiger partial charge in [0.2, 0.25) is 22.1 Å². The molecule has 0 saturated heterocycles. The summed E-state index contributed by atoms with van der Waals surface area (Å²) in [6.07, 6.45) is 7.20. The quantitative estimate of drug-likeness (QED) is 0.215. The minimum absolute atomic E-state index is 0.0318. The molecule has 1 aliphatic carbocycles. The number of carbonyl (C=O) groups is 2. The van der Waals surface area contributed by atoms with Crippen LogP contribution in [0.15, 0.2) is 33.1 Å². The second-order valence-electron chi connectivity index (χ2n) is 7.39. The van der Waals surface area contributed by atoms with E-state index in [1.165, 1.54) is 35.5 Å². The van der Waals surface area contributed by atoms with Crippen molar-refractivity contribution < 1.29 is 9.59 Å². The number of carbonyl (C=O) groups excluding carboxylic acids is 2. The highest BCUT2D eigenvalue weighted by molar-refractivity contribution is 8.04. The molecule has 9 nitrogen and oxygen atoms in total. The standard InChI is InChI=1S/C20H23N7O2S4/c28-15(11-13-5-1-2-6-13)22-17-24-26-19(32-17)30-9-10-31-20-27-25-18(33-20)23-16(29)12-14-7-3-4-8-21-14/h3-4,7-8,13H,1-2,5-6,9-12H2,(H,22,24,28)(H,23,25,29). The molecule has 3 heterocycles. The van der Waals surface area contributed by atoms with Crippen LogP contribution in [0.4, 0.5) is 10.3 Å². The van der Waals surface area contributed by atoms with Gasteiger partial charge in [0.1, 0.15) is 0 Å². The van der Waals surface area contributed by atoms with Crippen molar-refractivity contribution in [1.29, 1.82) is 0 Å². The Balaban J connectivity index is 1.13. The van der Waals surface area contributed by atoms with E-state index in [0.29, 0.717) is 28.3 Å². The second-order valence-corrected chi connectivity index (χ2v) is 12.0. The number of amides is 2. The summed E-state index contributed by atoms with van der Waals surface area (Å²) < 4.78 is 1.62. The third-order valence-corrected chi connectivity index (χ3v) is 9.06. The fraction of sp³-hybridized carbons (Fsp3) is 0.450. The summed E-state index contributed by atoms with van der Waals surface area (Å²) >= 11 is 5.91. The molecule has 33 heavy (non-hydrogen) atoms. The maximum Gasteiger partial charge on any atom is 0.232 e. The largest absolute Gasteiger partial charge is 0.300 e. The number of nitrogens with zero attached hydrogens (tertiary/aromatic N) is 5. The normalized spacial score (nSPS) is 13.8. The lowest BCUT2D eigenvalue weighted by atomic mass is 10.0. The molecule has 3 aromatic rings. The van der Waals surface area contributed by atoms with Crippen LogP contribution in [0.2, 0.25) is 0 Å². The smallest absolute Gasteiger partial charge is 0.232 e. The lowest BCUT2D eigenvalue weighted by molar-refractivity contribution is -0.117. The van der Waals surface area contributed by atoms with E-state index in [1.807, 2.05) is 18.2 Å². The molecule has 13 heteroatoms.